The number of hydrogen-bond donors (Lipinski definition) is 2. The predicted octanol–water partition coefficient (Wildman–Crippen LogP) is 7.10. The summed E-state index contributed by atoms with van der Waals surface area (Å²) >= 11 is 12.1. The topological polar surface area (TPSA) is 109 Å². The molecular formula is C32H24Cl2O6S. The molecule has 0 amide bonds. The van der Waals surface area contributed by atoms with Crippen LogP contribution in [0.4, 0.5) is 0 Å². The minimum atomic E-state index is -5.32. The number of hydrogen-bond acceptors (Lipinski definition) is 4. The molecule has 2 atom stereocenters. The number of aliphatic carboxylic acids is 2. The van der Waals surface area contributed by atoms with Gasteiger partial charge < -0.3 is 10.2 Å². The minimum Gasteiger partial charge on any atom is -0.480 e. The van der Waals surface area contributed by atoms with Crippen molar-refractivity contribution in [2.45, 2.75) is 9.49 Å². The summed E-state index contributed by atoms with van der Waals surface area (Å²) in [6.45, 7) is 0. The molecule has 4 aromatic rings. The van der Waals surface area contributed by atoms with Crippen molar-refractivity contribution in [2.75, 3.05) is 0 Å². The standard InChI is InChI=1S/C32H24Cl2O6S/c33-27-15-11-25(12-16-27)31(29(35)36,21-19-23-7-3-1-4-8-23)41(39,40)32(30(37)38,26-13-17-28(34)18-14-26)22-20-24-9-5-2-6-10-24/h1-22H,(H,35,36)(H,37,38)/b21-19+,22-20+. The van der Waals surface area contributed by atoms with Crippen LogP contribution in [0, 0.1) is 0 Å². The third kappa shape index (κ3) is 5.57. The molecule has 0 aromatic heterocycles. The van der Waals surface area contributed by atoms with Crippen LogP contribution in [0.1, 0.15) is 22.3 Å². The Morgan fingerprint density at radius 3 is 1.17 bits per heavy atom. The quantitative estimate of drug-likeness (QED) is 0.199. The fourth-order valence-electron chi connectivity index (χ4n) is 4.51. The molecule has 2 unspecified atom stereocenters. The van der Waals surface area contributed by atoms with E-state index in [4.69, 9.17) is 23.2 Å². The first-order chi connectivity index (χ1) is 19.5. The lowest BCUT2D eigenvalue weighted by atomic mass is 9.95. The van der Waals surface area contributed by atoms with Gasteiger partial charge in [0.05, 0.1) is 0 Å². The van der Waals surface area contributed by atoms with E-state index in [1.165, 1.54) is 60.7 Å². The van der Waals surface area contributed by atoms with Crippen molar-refractivity contribution in [1.82, 2.24) is 0 Å². The van der Waals surface area contributed by atoms with Gasteiger partial charge in [0.15, 0.2) is 9.84 Å². The first-order valence-electron chi connectivity index (χ1n) is 12.3. The highest BCUT2D eigenvalue weighted by atomic mass is 35.5. The van der Waals surface area contributed by atoms with E-state index in [2.05, 4.69) is 0 Å². The molecule has 4 aromatic carbocycles. The normalized spacial score (nSPS) is 14.9. The zero-order chi connectivity index (χ0) is 29.7. The molecule has 0 fully saturated rings. The first kappa shape index (κ1) is 29.8. The van der Waals surface area contributed by atoms with Crippen LogP contribution in [0.25, 0.3) is 12.2 Å². The van der Waals surface area contributed by atoms with Crippen LogP contribution in [0.5, 0.6) is 0 Å². The smallest absolute Gasteiger partial charge is 0.333 e. The van der Waals surface area contributed by atoms with Gasteiger partial charge >= 0.3 is 11.9 Å². The van der Waals surface area contributed by atoms with Crippen molar-refractivity contribution < 1.29 is 28.2 Å². The Labute approximate surface area is 247 Å². The Hall–Kier alpha value is -4.17. The zero-order valence-electron chi connectivity index (χ0n) is 21.4. The largest absolute Gasteiger partial charge is 0.480 e. The van der Waals surface area contributed by atoms with Gasteiger partial charge in [-0.05, 0) is 58.7 Å². The zero-order valence-corrected chi connectivity index (χ0v) is 23.7. The Morgan fingerprint density at radius 1 is 0.561 bits per heavy atom. The summed E-state index contributed by atoms with van der Waals surface area (Å²) in [6, 6.07) is 27.4. The first-order valence-corrected chi connectivity index (χ1v) is 14.5. The number of carboxylic acid groups (broad SMARTS) is 2. The van der Waals surface area contributed by atoms with Gasteiger partial charge in [-0.25, -0.2) is 18.0 Å². The fraction of sp³-hybridized carbons (Fsp3) is 0.0625. The molecule has 0 aliphatic heterocycles. The lowest BCUT2D eigenvalue weighted by Gasteiger charge is -2.36. The van der Waals surface area contributed by atoms with Gasteiger partial charge in [-0.3, -0.25) is 0 Å². The molecule has 0 saturated heterocycles. The Morgan fingerprint density at radius 2 is 0.878 bits per heavy atom. The van der Waals surface area contributed by atoms with Crippen molar-refractivity contribution in [3.05, 3.63) is 154 Å². The fourth-order valence-corrected chi connectivity index (χ4v) is 7.11. The molecule has 0 bridgehead atoms. The van der Waals surface area contributed by atoms with Crippen molar-refractivity contribution in [3.8, 4) is 0 Å². The van der Waals surface area contributed by atoms with Crippen molar-refractivity contribution in [2.24, 2.45) is 0 Å². The van der Waals surface area contributed by atoms with Gasteiger partial charge in [0.2, 0.25) is 9.49 Å². The van der Waals surface area contributed by atoms with Gasteiger partial charge in [0.25, 0.3) is 0 Å². The maximum Gasteiger partial charge on any atom is 0.333 e. The monoisotopic (exact) mass is 606 g/mol. The van der Waals surface area contributed by atoms with E-state index in [-0.39, 0.29) is 21.2 Å². The molecule has 0 heterocycles. The number of rotatable bonds is 10. The number of carbonyl (C=O) groups is 2. The number of benzene rings is 4. The molecule has 6 nitrogen and oxygen atoms in total. The maximum absolute atomic E-state index is 15.0. The van der Waals surface area contributed by atoms with E-state index in [1.807, 2.05) is 0 Å². The average molecular weight is 608 g/mol. The second-order valence-electron chi connectivity index (χ2n) is 9.09. The van der Waals surface area contributed by atoms with Crippen LogP contribution in [-0.2, 0) is 28.9 Å². The third-order valence-electron chi connectivity index (χ3n) is 6.65. The summed E-state index contributed by atoms with van der Waals surface area (Å²) in [4.78, 5) is 26.6. The average Bonchev–Trinajstić information content (AvgIpc) is 2.96. The maximum atomic E-state index is 15.0. The van der Waals surface area contributed by atoms with Crippen molar-refractivity contribution in [1.29, 1.82) is 0 Å². The van der Waals surface area contributed by atoms with Gasteiger partial charge in [-0.1, -0.05) is 120 Å². The van der Waals surface area contributed by atoms with E-state index in [0.717, 1.165) is 12.2 Å². The predicted molar refractivity (Wildman–Crippen MR) is 161 cm³/mol. The summed E-state index contributed by atoms with van der Waals surface area (Å²) in [5.41, 5.74) is 0.618. The van der Waals surface area contributed by atoms with Gasteiger partial charge in [-0.2, -0.15) is 0 Å². The molecule has 0 aliphatic carbocycles. The van der Waals surface area contributed by atoms with Crippen LogP contribution < -0.4 is 0 Å². The number of halogens is 2. The Balaban J connectivity index is 2.13. The highest BCUT2D eigenvalue weighted by Gasteiger charge is 2.64. The molecule has 4 rings (SSSR count). The molecular weight excluding hydrogens is 583 g/mol. The van der Waals surface area contributed by atoms with E-state index < -0.39 is 31.3 Å². The minimum absolute atomic E-state index is 0.200. The van der Waals surface area contributed by atoms with Gasteiger partial charge in [0.1, 0.15) is 0 Å². The second kappa shape index (κ2) is 12.1. The number of carboxylic acids is 2. The molecule has 9 heteroatoms. The molecule has 41 heavy (non-hydrogen) atoms. The molecule has 0 radical (unpaired) electrons. The van der Waals surface area contributed by atoms with Crippen LogP contribution >= 0.6 is 23.2 Å². The summed E-state index contributed by atoms with van der Waals surface area (Å²) in [5, 5.41) is 22.0. The van der Waals surface area contributed by atoms with E-state index in [9.17, 15) is 19.8 Å². The highest BCUT2D eigenvalue weighted by Crippen LogP contribution is 2.47. The van der Waals surface area contributed by atoms with Crippen LogP contribution in [0.3, 0.4) is 0 Å². The molecule has 0 saturated carbocycles. The molecule has 208 valence electrons. The van der Waals surface area contributed by atoms with E-state index in [1.54, 1.807) is 60.7 Å². The SMILES string of the molecule is O=C(O)C(/C=C/c1ccccc1)(c1ccc(Cl)cc1)S(=O)(=O)C(/C=C/c1ccccc1)(C(=O)O)c1ccc(Cl)cc1. The summed E-state index contributed by atoms with van der Waals surface area (Å²) < 4.78 is 24.3. The van der Waals surface area contributed by atoms with E-state index >= 15 is 8.42 Å². The lowest BCUT2D eigenvalue weighted by molar-refractivity contribution is -0.139. The van der Waals surface area contributed by atoms with Gasteiger partial charge in [0, 0.05) is 10.0 Å². The van der Waals surface area contributed by atoms with Crippen molar-refractivity contribution >= 4 is 57.1 Å². The summed E-state index contributed by atoms with van der Waals surface area (Å²) in [6.07, 6.45) is 4.70. The van der Waals surface area contributed by atoms with Crippen LogP contribution in [-0.4, -0.2) is 30.6 Å². The highest BCUT2D eigenvalue weighted by molar-refractivity contribution is 7.95. The van der Waals surface area contributed by atoms with E-state index in [0.29, 0.717) is 11.1 Å². The lowest BCUT2D eigenvalue weighted by Crippen LogP contribution is -2.54. The number of sulfone groups is 1. The summed E-state index contributed by atoms with van der Waals surface area (Å²) in [7, 11) is -5.32. The second-order valence-corrected chi connectivity index (χ2v) is 12.3. The van der Waals surface area contributed by atoms with Crippen molar-refractivity contribution in [3.63, 3.8) is 0 Å². The molecule has 0 aliphatic rings. The third-order valence-corrected chi connectivity index (χ3v) is 9.94. The van der Waals surface area contributed by atoms with Gasteiger partial charge in [-0.15, -0.1) is 0 Å². The van der Waals surface area contributed by atoms with Crippen LogP contribution in [0.15, 0.2) is 121 Å². The summed E-state index contributed by atoms with van der Waals surface area (Å²) in [5.74, 6) is -3.58. The molecule has 0 spiro atoms. The Kier molecular flexibility index (Phi) is 8.83. The molecule has 2 N–H and O–H groups in total. The Bertz CT molecular complexity index is 1580. The van der Waals surface area contributed by atoms with Crippen LogP contribution in [0.2, 0.25) is 10.0 Å².